The Morgan fingerprint density at radius 1 is 1.26 bits per heavy atom. The van der Waals surface area contributed by atoms with Crippen LogP contribution < -0.4 is 0 Å². The van der Waals surface area contributed by atoms with E-state index in [-0.39, 0.29) is 0 Å². The predicted octanol–water partition coefficient (Wildman–Crippen LogP) is 2.96. The molecule has 0 amide bonds. The lowest BCUT2D eigenvalue weighted by molar-refractivity contribution is -0.139. The van der Waals surface area contributed by atoms with Crippen LogP contribution in [-0.2, 0) is 11.2 Å². The summed E-state index contributed by atoms with van der Waals surface area (Å²) >= 11 is 3.23. The van der Waals surface area contributed by atoms with Gasteiger partial charge in [0.25, 0.3) is 0 Å². The summed E-state index contributed by atoms with van der Waals surface area (Å²) < 4.78 is 0.732. The van der Waals surface area contributed by atoms with Crippen molar-refractivity contribution < 1.29 is 9.90 Å². The first-order valence-electron chi connectivity index (χ1n) is 5.82. The van der Waals surface area contributed by atoms with E-state index in [1.54, 1.807) is 12.4 Å². The number of rotatable bonds is 4. The third kappa shape index (κ3) is 3.61. The van der Waals surface area contributed by atoms with E-state index < -0.39 is 11.9 Å². The van der Waals surface area contributed by atoms with Crippen molar-refractivity contribution in [2.75, 3.05) is 0 Å². The second kappa shape index (κ2) is 5.93. The van der Waals surface area contributed by atoms with Gasteiger partial charge in [-0.3, -0.25) is 4.79 Å². The summed E-state index contributed by atoms with van der Waals surface area (Å²) in [4.78, 5) is 19.5. The molecule has 0 spiro atoms. The summed E-state index contributed by atoms with van der Waals surface area (Å²) in [6.07, 6.45) is 3.51. The quantitative estimate of drug-likeness (QED) is 0.940. The van der Waals surface area contributed by atoms with Gasteiger partial charge in [-0.2, -0.15) is 0 Å². The summed E-state index contributed by atoms with van der Waals surface area (Å²) in [5, 5.41) is 9.32. The zero-order valence-corrected chi connectivity index (χ0v) is 12.0. The predicted molar refractivity (Wildman–Crippen MR) is 75.0 cm³/mol. The van der Waals surface area contributed by atoms with Crippen LogP contribution in [0.3, 0.4) is 0 Å². The molecule has 1 atom stereocenters. The van der Waals surface area contributed by atoms with Gasteiger partial charge in [0.2, 0.25) is 0 Å². The van der Waals surface area contributed by atoms with E-state index in [9.17, 15) is 9.90 Å². The maximum absolute atomic E-state index is 11.4. The van der Waals surface area contributed by atoms with Crippen molar-refractivity contribution in [1.82, 2.24) is 9.97 Å². The lowest BCUT2D eigenvalue weighted by Gasteiger charge is -2.11. The number of aromatic nitrogens is 2. The standard InChI is InChI=1S/C14H13BrN2O2/c1-9-2-4-10(5-3-9)6-12(14(18)19)13-16-7-11(15)8-17-13/h2-5,7-8,12H,6H2,1H3,(H,18,19). The van der Waals surface area contributed by atoms with Gasteiger partial charge >= 0.3 is 5.97 Å². The zero-order chi connectivity index (χ0) is 13.8. The van der Waals surface area contributed by atoms with Crippen LogP contribution in [0, 0.1) is 6.92 Å². The van der Waals surface area contributed by atoms with E-state index in [0.29, 0.717) is 12.2 Å². The first kappa shape index (κ1) is 13.7. The number of carboxylic acids is 1. The molecule has 1 aromatic heterocycles. The highest BCUT2D eigenvalue weighted by Gasteiger charge is 2.23. The third-order valence-corrected chi connectivity index (χ3v) is 3.22. The Morgan fingerprint density at radius 3 is 2.37 bits per heavy atom. The molecule has 5 heteroatoms. The fourth-order valence-corrected chi connectivity index (χ4v) is 1.96. The molecular weight excluding hydrogens is 308 g/mol. The number of carboxylic acid groups (broad SMARTS) is 1. The Morgan fingerprint density at radius 2 is 1.84 bits per heavy atom. The van der Waals surface area contributed by atoms with Gasteiger partial charge in [0, 0.05) is 12.4 Å². The number of carbonyl (C=O) groups is 1. The number of halogens is 1. The number of aryl methyl sites for hydroxylation is 1. The monoisotopic (exact) mass is 320 g/mol. The van der Waals surface area contributed by atoms with E-state index in [0.717, 1.165) is 15.6 Å². The van der Waals surface area contributed by atoms with Crippen LogP contribution in [0.2, 0.25) is 0 Å². The van der Waals surface area contributed by atoms with Gasteiger partial charge in [-0.05, 0) is 34.8 Å². The maximum atomic E-state index is 11.4. The fraction of sp³-hybridized carbons (Fsp3) is 0.214. The molecule has 0 aliphatic rings. The SMILES string of the molecule is Cc1ccc(CC(C(=O)O)c2ncc(Br)cn2)cc1. The molecule has 1 aromatic carbocycles. The largest absolute Gasteiger partial charge is 0.481 e. The minimum absolute atomic E-state index is 0.330. The van der Waals surface area contributed by atoms with Crippen LogP contribution in [-0.4, -0.2) is 21.0 Å². The number of nitrogens with zero attached hydrogens (tertiary/aromatic N) is 2. The summed E-state index contributed by atoms with van der Waals surface area (Å²) in [7, 11) is 0. The second-order valence-electron chi connectivity index (χ2n) is 4.34. The number of hydrogen-bond acceptors (Lipinski definition) is 3. The van der Waals surface area contributed by atoms with Crippen molar-refractivity contribution in [1.29, 1.82) is 0 Å². The highest BCUT2D eigenvalue weighted by molar-refractivity contribution is 9.10. The number of hydrogen-bond donors (Lipinski definition) is 1. The molecule has 0 bridgehead atoms. The Labute approximate surface area is 119 Å². The molecule has 1 heterocycles. The lowest BCUT2D eigenvalue weighted by atomic mass is 9.98. The first-order chi connectivity index (χ1) is 9.06. The zero-order valence-electron chi connectivity index (χ0n) is 10.4. The van der Waals surface area contributed by atoms with Crippen molar-refractivity contribution >= 4 is 21.9 Å². The van der Waals surface area contributed by atoms with E-state index in [1.165, 1.54) is 0 Å². The molecule has 2 aromatic rings. The molecule has 98 valence electrons. The summed E-state index contributed by atoms with van der Waals surface area (Å²) in [5.41, 5.74) is 2.11. The smallest absolute Gasteiger partial charge is 0.314 e. The summed E-state index contributed by atoms with van der Waals surface area (Å²) in [6, 6.07) is 7.81. The summed E-state index contributed by atoms with van der Waals surface area (Å²) in [6.45, 7) is 2.00. The van der Waals surface area contributed by atoms with Crippen LogP contribution in [0.5, 0.6) is 0 Å². The van der Waals surface area contributed by atoms with Crippen molar-refractivity contribution in [2.24, 2.45) is 0 Å². The molecule has 0 saturated carbocycles. The van der Waals surface area contributed by atoms with Crippen molar-refractivity contribution in [2.45, 2.75) is 19.3 Å². The highest BCUT2D eigenvalue weighted by atomic mass is 79.9. The molecule has 1 N–H and O–H groups in total. The molecule has 0 radical (unpaired) electrons. The molecule has 0 aliphatic heterocycles. The first-order valence-corrected chi connectivity index (χ1v) is 6.61. The molecule has 1 unspecified atom stereocenters. The van der Waals surface area contributed by atoms with Gasteiger partial charge in [-0.1, -0.05) is 29.8 Å². The minimum Gasteiger partial charge on any atom is -0.481 e. The Bertz CT molecular complexity index is 567. The van der Waals surface area contributed by atoms with E-state index >= 15 is 0 Å². The van der Waals surface area contributed by atoms with Gasteiger partial charge in [0.05, 0.1) is 4.47 Å². The third-order valence-electron chi connectivity index (χ3n) is 2.81. The topological polar surface area (TPSA) is 63.1 Å². The second-order valence-corrected chi connectivity index (χ2v) is 5.26. The van der Waals surface area contributed by atoms with Crippen molar-refractivity contribution in [3.8, 4) is 0 Å². The van der Waals surface area contributed by atoms with E-state index in [1.807, 2.05) is 31.2 Å². The minimum atomic E-state index is -0.914. The maximum Gasteiger partial charge on any atom is 0.314 e. The Hall–Kier alpha value is -1.75. The summed E-state index contributed by atoms with van der Waals surface area (Å²) in [5.74, 6) is -1.31. The lowest BCUT2D eigenvalue weighted by Crippen LogP contribution is -2.17. The van der Waals surface area contributed by atoms with Gasteiger partial charge in [-0.15, -0.1) is 0 Å². The fourth-order valence-electron chi connectivity index (χ4n) is 1.75. The van der Waals surface area contributed by atoms with E-state index in [2.05, 4.69) is 25.9 Å². The average Bonchev–Trinajstić information content (AvgIpc) is 2.39. The van der Waals surface area contributed by atoms with Gasteiger partial charge in [0.1, 0.15) is 11.7 Å². The molecular formula is C14H13BrN2O2. The van der Waals surface area contributed by atoms with E-state index in [4.69, 9.17) is 0 Å². The van der Waals surface area contributed by atoms with Crippen LogP contribution in [0.25, 0.3) is 0 Å². The average molecular weight is 321 g/mol. The number of benzene rings is 1. The van der Waals surface area contributed by atoms with Gasteiger partial charge in [-0.25, -0.2) is 9.97 Å². The van der Waals surface area contributed by atoms with Gasteiger partial charge in [0.15, 0.2) is 0 Å². The molecule has 4 nitrogen and oxygen atoms in total. The molecule has 0 aliphatic carbocycles. The van der Waals surface area contributed by atoms with Crippen LogP contribution in [0.4, 0.5) is 0 Å². The molecule has 0 fully saturated rings. The van der Waals surface area contributed by atoms with Crippen LogP contribution in [0.15, 0.2) is 41.1 Å². The van der Waals surface area contributed by atoms with Crippen LogP contribution >= 0.6 is 15.9 Å². The normalized spacial score (nSPS) is 12.1. The molecule has 19 heavy (non-hydrogen) atoms. The molecule has 0 saturated heterocycles. The molecule has 2 rings (SSSR count). The van der Waals surface area contributed by atoms with Crippen molar-refractivity contribution in [3.63, 3.8) is 0 Å². The van der Waals surface area contributed by atoms with Crippen LogP contribution in [0.1, 0.15) is 22.9 Å². The van der Waals surface area contributed by atoms with Crippen molar-refractivity contribution in [3.05, 3.63) is 58.1 Å². The van der Waals surface area contributed by atoms with Gasteiger partial charge < -0.3 is 5.11 Å². The Kier molecular flexibility index (Phi) is 4.27. The highest BCUT2D eigenvalue weighted by Crippen LogP contribution is 2.19. The number of aliphatic carboxylic acids is 1. The Balaban J connectivity index is 2.23.